The van der Waals surface area contributed by atoms with Gasteiger partial charge in [0.1, 0.15) is 0 Å². The van der Waals surface area contributed by atoms with Crippen molar-refractivity contribution in [3.63, 3.8) is 0 Å². The maximum Gasteiger partial charge on any atom is 0.0794 e. The van der Waals surface area contributed by atoms with Crippen LogP contribution >= 0.6 is 11.3 Å². The lowest BCUT2D eigenvalue weighted by atomic mass is 9.96. The molecule has 3 heteroatoms. The Kier molecular flexibility index (Phi) is 6.08. The summed E-state index contributed by atoms with van der Waals surface area (Å²) < 4.78 is 2.59. The minimum atomic E-state index is 1.01. The number of anilines is 3. The van der Waals surface area contributed by atoms with Crippen LogP contribution < -0.4 is 4.90 Å². The van der Waals surface area contributed by atoms with E-state index in [0.717, 1.165) is 33.8 Å². The van der Waals surface area contributed by atoms with Gasteiger partial charge in [0.05, 0.1) is 11.2 Å². The minimum absolute atomic E-state index is 1.01. The first-order chi connectivity index (χ1) is 23.8. The number of aromatic nitrogens is 1. The molecule has 0 atom stereocenters. The van der Waals surface area contributed by atoms with Crippen molar-refractivity contribution in [2.45, 2.75) is 0 Å². The molecule has 0 unspecified atom stereocenters. The Balaban J connectivity index is 1.19. The number of hydrogen-bond donors (Lipinski definition) is 0. The van der Waals surface area contributed by atoms with Crippen LogP contribution in [0.3, 0.4) is 0 Å². The van der Waals surface area contributed by atoms with Gasteiger partial charge in [0.15, 0.2) is 0 Å². The third-order valence-electron chi connectivity index (χ3n) is 9.59. The second kappa shape index (κ2) is 10.8. The van der Waals surface area contributed by atoms with Crippen molar-refractivity contribution >= 4 is 91.8 Å². The summed E-state index contributed by atoms with van der Waals surface area (Å²) in [5, 5.41) is 11.1. The number of nitrogens with zero attached hydrogens (tertiary/aromatic N) is 2. The van der Waals surface area contributed by atoms with Gasteiger partial charge in [-0.25, -0.2) is 4.98 Å². The van der Waals surface area contributed by atoms with Gasteiger partial charge in [0, 0.05) is 53.6 Å². The highest BCUT2D eigenvalue weighted by molar-refractivity contribution is 7.26. The van der Waals surface area contributed by atoms with Gasteiger partial charge in [0.25, 0.3) is 0 Å². The molecule has 8 aromatic carbocycles. The van der Waals surface area contributed by atoms with Crippen molar-refractivity contribution in [2.75, 3.05) is 4.90 Å². The van der Waals surface area contributed by atoms with E-state index >= 15 is 0 Å². The van der Waals surface area contributed by atoms with E-state index in [2.05, 4.69) is 175 Å². The molecule has 0 aliphatic rings. The van der Waals surface area contributed by atoms with Gasteiger partial charge < -0.3 is 4.90 Å². The molecule has 2 aromatic heterocycles. The first kappa shape index (κ1) is 27.1. The Morgan fingerprint density at radius 1 is 0.396 bits per heavy atom. The van der Waals surface area contributed by atoms with Crippen LogP contribution in [0.15, 0.2) is 170 Å². The first-order valence-electron chi connectivity index (χ1n) is 16.3. The molecule has 0 fully saturated rings. The highest BCUT2D eigenvalue weighted by atomic mass is 32.1. The zero-order chi connectivity index (χ0) is 31.6. The standard InChI is InChI=1S/C45H28N2S/c1-3-11-32-27-35(23-17-29(32)9-1)47(36-24-18-30-10-2-4-12-33(30)28-36)34-21-19-31(20-22-34)45-44-38(37-13-5-7-15-40(37)46-45)25-26-42-43(44)39-14-6-8-16-41(39)48-42/h1-28H. The SMILES string of the molecule is c1ccc2cc(N(c3ccc(-c4nc5ccccc5c5ccc6sc7ccccc7c6c45)cc3)c3ccc4ccccc4c3)ccc2c1. The van der Waals surface area contributed by atoms with Crippen LogP contribution in [0.25, 0.3) is 74.6 Å². The topological polar surface area (TPSA) is 16.1 Å². The molecule has 0 aliphatic carbocycles. The van der Waals surface area contributed by atoms with Crippen LogP contribution in [-0.4, -0.2) is 4.98 Å². The fourth-order valence-corrected chi connectivity index (χ4v) is 8.43. The number of thiophene rings is 1. The fraction of sp³-hybridized carbons (Fsp3) is 0. The van der Waals surface area contributed by atoms with E-state index in [0.29, 0.717) is 0 Å². The van der Waals surface area contributed by atoms with Crippen molar-refractivity contribution in [3.05, 3.63) is 170 Å². The molecule has 0 saturated carbocycles. The molecule has 10 rings (SSSR count). The average molecular weight is 629 g/mol. The van der Waals surface area contributed by atoms with E-state index in [-0.39, 0.29) is 0 Å². The van der Waals surface area contributed by atoms with Gasteiger partial charge in [-0.3, -0.25) is 0 Å². The van der Waals surface area contributed by atoms with E-state index in [9.17, 15) is 0 Å². The molecule has 224 valence electrons. The molecule has 48 heavy (non-hydrogen) atoms. The fourth-order valence-electron chi connectivity index (χ4n) is 7.32. The van der Waals surface area contributed by atoms with Crippen LogP contribution in [-0.2, 0) is 0 Å². The second-order valence-corrected chi connectivity index (χ2v) is 13.5. The Morgan fingerprint density at radius 3 is 1.69 bits per heavy atom. The molecule has 0 saturated heterocycles. The van der Waals surface area contributed by atoms with E-state index < -0.39 is 0 Å². The Morgan fingerprint density at radius 2 is 0.979 bits per heavy atom. The molecule has 0 bridgehead atoms. The number of hydrogen-bond acceptors (Lipinski definition) is 3. The smallest absolute Gasteiger partial charge is 0.0794 e. The van der Waals surface area contributed by atoms with E-state index in [4.69, 9.17) is 4.98 Å². The summed E-state index contributed by atoms with van der Waals surface area (Å²) in [6.45, 7) is 0. The number of benzene rings is 8. The molecule has 2 heterocycles. The lowest BCUT2D eigenvalue weighted by molar-refractivity contribution is 1.29. The van der Waals surface area contributed by atoms with Gasteiger partial charge in [0.2, 0.25) is 0 Å². The number of pyridine rings is 1. The largest absolute Gasteiger partial charge is 0.310 e. The Labute approximate surface area is 281 Å². The summed E-state index contributed by atoms with van der Waals surface area (Å²) in [4.78, 5) is 7.72. The maximum absolute atomic E-state index is 5.36. The molecular weight excluding hydrogens is 601 g/mol. The quantitative estimate of drug-likeness (QED) is 0.180. The third-order valence-corrected chi connectivity index (χ3v) is 10.7. The number of para-hydroxylation sites is 1. The van der Waals surface area contributed by atoms with Crippen molar-refractivity contribution in [2.24, 2.45) is 0 Å². The molecule has 0 radical (unpaired) electrons. The lowest BCUT2D eigenvalue weighted by Crippen LogP contribution is -2.10. The van der Waals surface area contributed by atoms with Gasteiger partial charge in [-0.15, -0.1) is 11.3 Å². The van der Waals surface area contributed by atoms with E-state index in [1.807, 2.05) is 11.3 Å². The Bertz CT molecular complexity index is 2770. The van der Waals surface area contributed by atoms with Crippen LogP contribution in [0.1, 0.15) is 0 Å². The summed E-state index contributed by atoms with van der Waals surface area (Å²) in [6.07, 6.45) is 0. The van der Waals surface area contributed by atoms with Crippen LogP contribution in [0.5, 0.6) is 0 Å². The van der Waals surface area contributed by atoms with Crippen molar-refractivity contribution in [1.29, 1.82) is 0 Å². The number of rotatable bonds is 4. The maximum atomic E-state index is 5.36. The normalized spacial score (nSPS) is 11.8. The molecule has 0 aliphatic heterocycles. The molecule has 0 N–H and O–H groups in total. The minimum Gasteiger partial charge on any atom is -0.310 e. The zero-order valence-electron chi connectivity index (χ0n) is 26.0. The highest BCUT2D eigenvalue weighted by Gasteiger charge is 2.18. The number of fused-ring (bicyclic) bond motifs is 9. The first-order valence-corrected chi connectivity index (χ1v) is 17.1. The lowest BCUT2D eigenvalue weighted by Gasteiger charge is -2.26. The zero-order valence-corrected chi connectivity index (χ0v) is 26.8. The van der Waals surface area contributed by atoms with Crippen LogP contribution in [0, 0.1) is 0 Å². The molecular formula is C45H28N2S. The van der Waals surface area contributed by atoms with Crippen LogP contribution in [0.4, 0.5) is 17.1 Å². The summed E-state index contributed by atoms with van der Waals surface area (Å²) in [5.41, 5.74) is 6.48. The predicted molar refractivity (Wildman–Crippen MR) is 207 cm³/mol. The van der Waals surface area contributed by atoms with Crippen LogP contribution in [0.2, 0.25) is 0 Å². The molecule has 0 amide bonds. The van der Waals surface area contributed by atoms with Crippen molar-refractivity contribution in [1.82, 2.24) is 4.98 Å². The van der Waals surface area contributed by atoms with Crippen molar-refractivity contribution in [3.8, 4) is 11.3 Å². The average Bonchev–Trinajstić information content (AvgIpc) is 3.54. The third kappa shape index (κ3) is 4.29. The second-order valence-electron chi connectivity index (χ2n) is 12.4. The predicted octanol–water partition coefficient (Wildman–Crippen LogP) is 13.2. The van der Waals surface area contributed by atoms with Gasteiger partial charge in [-0.1, -0.05) is 115 Å². The van der Waals surface area contributed by atoms with Gasteiger partial charge >= 0.3 is 0 Å². The summed E-state index contributed by atoms with van der Waals surface area (Å²) >= 11 is 1.85. The van der Waals surface area contributed by atoms with Gasteiger partial charge in [-0.05, 0) is 81.5 Å². The molecule has 10 aromatic rings. The summed E-state index contributed by atoms with van der Waals surface area (Å²) in [7, 11) is 0. The van der Waals surface area contributed by atoms with Crippen molar-refractivity contribution < 1.29 is 0 Å². The monoisotopic (exact) mass is 628 g/mol. The summed E-state index contributed by atoms with van der Waals surface area (Å²) in [6, 6.07) is 61.4. The summed E-state index contributed by atoms with van der Waals surface area (Å²) in [5.74, 6) is 0. The Hall–Kier alpha value is -6.03. The molecule has 2 nitrogen and oxygen atoms in total. The molecule has 0 spiro atoms. The van der Waals surface area contributed by atoms with E-state index in [1.54, 1.807) is 0 Å². The highest BCUT2D eigenvalue weighted by Crippen LogP contribution is 2.44. The van der Waals surface area contributed by atoms with E-state index in [1.165, 1.54) is 57.9 Å². The van der Waals surface area contributed by atoms with Gasteiger partial charge in [-0.2, -0.15) is 0 Å².